The summed E-state index contributed by atoms with van der Waals surface area (Å²) >= 11 is 3.50. The number of hydrogen-bond donors (Lipinski definition) is 1. The van der Waals surface area contributed by atoms with E-state index in [-0.39, 0.29) is 11.8 Å². The Hall–Kier alpha value is -0.400. The van der Waals surface area contributed by atoms with E-state index < -0.39 is 9.84 Å². The zero-order chi connectivity index (χ0) is 13.9. The number of rotatable bonds is 6. The van der Waals surface area contributed by atoms with Crippen LogP contribution in [0.4, 0.5) is 0 Å². The van der Waals surface area contributed by atoms with E-state index in [0.717, 1.165) is 22.4 Å². The average Bonchev–Trinajstić information content (AvgIpc) is 2.43. The van der Waals surface area contributed by atoms with Gasteiger partial charge in [-0.3, -0.25) is 4.68 Å². The second-order valence-electron chi connectivity index (χ2n) is 4.52. The molecule has 0 aliphatic heterocycles. The van der Waals surface area contributed by atoms with Crippen LogP contribution in [0.25, 0.3) is 0 Å². The molecular formula is C11H20BrN3O2S. The summed E-state index contributed by atoms with van der Waals surface area (Å²) in [5.41, 5.74) is 1.93. The highest BCUT2D eigenvalue weighted by molar-refractivity contribution is 9.10. The fraction of sp³-hybridized carbons (Fsp3) is 0.727. The highest BCUT2D eigenvalue weighted by Crippen LogP contribution is 2.21. The number of aromatic nitrogens is 2. The molecule has 0 amide bonds. The molecule has 18 heavy (non-hydrogen) atoms. The quantitative estimate of drug-likeness (QED) is 0.842. The van der Waals surface area contributed by atoms with Crippen molar-refractivity contribution in [1.29, 1.82) is 0 Å². The molecule has 7 heteroatoms. The largest absolute Gasteiger partial charge is 0.313 e. The second kappa shape index (κ2) is 6.16. The maximum absolute atomic E-state index is 11.4. The zero-order valence-electron chi connectivity index (χ0n) is 11.2. The topological polar surface area (TPSA) is 64.0 Å². The lowest BCUT2D eigenvalue weighted by atomic mass is 10.1. The minimum Gasteiger partial charge on any atom is -0.313 e. The van der Waals surface area contributed by atoms with Crippen LogP contribution in [0.1, 0.15) is 18.3 Å². The predicted molar refractivity (Wildman–Crippen MR) is 76.5 cm³/mol. The predicted octanol–water partition coefficient (Wildman–Crippen LogP) is 1.06. The Balaban J connectivity index is 2.89. The normalized spacial score (nSPS) is 13.8. The van der Waals surface area contributed by atoms with Crippen molar-refractivity contribution in [2.24, 2.45) is 7.05 Å². The molecular weight excluding hydrogens is 318 g/mol. The van der Waals surface area contributed by atoms with Gasteiger partial charge in [0.25, 0.3) is 0 Å². The molecule has 1 unspecified atom stereocenters. The fourth-order valence-electron chi connectivity index (χ4n) is 1.98. The van der Waals surface area contributed by atoms with Crippen molar-refractivity contribution < 1.29 is 8.42 Å². The summed E-state index contributed by atoms with van der Waals surface area (Å²) in [6.45, 7) is 4.64. The Labute approximate surface area is 117 Å². The number of nitrogens with zero attached hydrogens (tertiary/aromatic N) is 2. The lowest BCUT2D eigenvalue weighted by Crippen LogP contribution is -2.37. The Morgan fingerprint density at radius 1 is 1.50 bits per heavy atom. The van der Waals surface area contributed by atoms with Gasteiger partial charge in [-0.15, -0.1) is 0 Å². The van der Waals surface area contributed by atoms with Crippen LogP contribution >= 0.6 is 15.9 Å². The lowest BCUT2D eigenvalue weighted by Gasteiger charge is -2.17. The first-order valence-corrected chi connectivity index (χ1v) is 8.69. The van der Waals surface area contributed by atoms with Gasteiger partial charge in [-0.1, -0.05) is 6.92 Å². The SMILES string of the molecule is CCNC(Cc1c(Br)c(C)nn1C)CS(C)(=O)=O. The van der Waals surface area contributed by atoms with Crippen molar-refractivity contribution in [1.82, 2.24) is 15.1 Å². The van der Waals surface area contributed by atoms with Crippen molar-refractivity contribution in [2.45, 2.75) is 26.3 Å². The fourth-order valence-corrected chi connectivity index (χ4v) is 3.44. The van der Waals surface area contributed by atoms with Crippen LogP contribution in [0, 0.1) is 6.92 Å². The molecule has 0 aromatic carbocycles. The third kappa shape index (κ3) is 4.37. The first-order chi connectivity index (χ1) is 8.24. The maximum Gasteiger partial charge on any atom is 0.148 e. The number of hydrogen-bond acceptors (Lipinski definition) is 4. The van der Waals surface area contributed by atoms with Gasteiger partial charge < -0.3 is 5.32 Å². The summed E-state index contributed by atoms with van der Waals surface area (Å²) in [4.78, 5) is 0. The van der Waals surface area contributed by atoms with Gasteiger partial charge in [0.2, 0.25) is 0 Å². The summed E-state index contributed by atoms with van der Waals surface area (Å²) < 4.78 is 25.6. The summed E-state index contributed by atoms with van der Waals surface area (Å²) in [6.07, 6.45) is 1.90. The first kappa shape index (κ1) is 15.7. The Morgan fingerprint density at radius 2 is 2.11 bits per heavy atom. The monoisotopic (exact) mass is 337 g/mol. The van der Waals surface area contributed by atoms with E-state index >= 15 is 0 Å². The molecule has 0 fully saturated rings. The zero-order valence-corrected chi connectivity index (χ0v) is 13.6. The van der Waals surface area contributed by atoms with Crippen LogP contribution < -0.4 is 5.32 Å². The molecule has 1 atom stereocenters. The molecule has 1 aromatic rings. The second-order valence-corrected chi connectivity index (χ2v) is 7.50. The van der Waals surface area contributed by atoms with E-state index in [1.165, 1.54) is 6.26 Å². The minimum atomic E-state index is -2.99. The van der Waals surface area contributed by atoms with Crippen LogP contribution in [-0.4, -0.2) is 42.8 Å². The lowest BCUT2D eigenvalue weighted by molar-refractivity contribution is 0.529. The molecule has 0 saturated carbocycles. The van der Waals surface area contributed by atoms with Crippen molar-refractivity contribution >= 4 is 25.8 Å². The average molecular weight is 338 g/mol. The first-order valence-electron chi connectivity index (χ1n) is 5.83. The highest BCUT2D eigenvalue weighted by Gasteiger charge is 2.19. The van der Waals surface area contributed by atoms with Gasteiger partial charge in [0.05, 0.1) is 21.6 Å². The van der Waals surface area contributed by atoms with Crippen molar-refractivity contribution in [3.8, 4) is 0 Å². The number of sulfone groups is 1. The third-order valence-corrected chi connectivity index (χ3v) is 4.74. The number of nitrogens with one attached hydrogen (secondary N) is 1. The maximum atomic E-state index is 11.4. The highest BCUT2D eigenvalue weighted by atomic mass is 79.9. The van der Waals surface area contributed by atoms with Crippen LogP contribution in [0.5, 0.6) is 0 Å². The van der Waals surface area contributed by atoms with Crippen molar-refractivity contribution in [3.63, 3.8) is 0 Å². The van der Waals surface area contributed by atoms with E-state index in [4.69, 9.17) is 0 Å². The summed E-state index contributed by atoms with van der Waals surface area (Å²) in [6, 6.07) is -0.0869. The number of likely N-dealkylation sites (N-methyl/N-ethyl adjacent to an activating group) is 1. The summed E-state index contributed by atoms with van der Waals surface area (Å²) in [5, 5.41) is 7.52. The van der Waals surface area contributed by atoms with E-state index in [9.17, 15) is 8.42 Å². The molecule has 0 spiro atoms. The van der Waals surface area contributed by atoms with Gasteiger partial charge in [0.15, 0.2) is 0 Å². The van der Waals surface area contributed by atoms with Gasteiger partial charge in [-0.2, -0.15) is 5.10 Å². The molecule has 0 radical (unpaired) electrons. The number of aryl methyl sites for hydroxylation is 2. The molecule has 1 N–H and O–H groups in total. The molecule has 5 nitrogen and oxygen atoms in total. The van der Waals surface area contributed by atoms with Gasteiger partial charge in [0.1, 0.15) is 9.84 Å². The van der Waals surface area contributed by atoms with Gasteiger partial charge in [-0.05, 0) is 29.4 Å². The van der Waals surface area contributed by atoms with Gasteiger partial charge in [0, 0.05) is 25.8 Å². The minimum absolute atomic E-state index is 0.0869. The van der Waals surface area contributed by atoms with E-state index in [1.54, 1.807) is 4.68 Å². The molecule has 0 bridgehead atoms. The van der Waals surface area contributed by atoms with E-state index in [1.807, 2.05) is 20.9 Å². The van der Waals surface area contributed by atoms with Crippen molar-refractivity contribution in [3.05, 3.63) is 15.9 Å². The summed E-state index contributed by atoms with van der Waals surface area (Å²) in [5.74, 6) is 0.136. The Bertz CT molecular complexity index is 511. The van der Waals surface area contributed by atoms with Crippen LogP contribution in [0.3, 0.4) is 0 Å². The molecule has 1 heterocycles. The smallest absolute Gasteiger partial charge is 0.148 e. The van der Waals surface area contributed by atoms with Gasteiger partial charge in [-0.25, -0.2) is 8.42 Å². The van der Waals surface area contributed by atoms with E-state index in [0.29, 0.717) is 6.42 Å². The molecule has 104 valence electrons. The third-order valence-electron chi connectivity index (χ3n) is 2.70. The van der Waals surface area contributed by atoms with Crippen LogP contribution in [0.2, 0.25) is 0 Å². The Morgan fingerprint density at radius 3 is 2.50 bits per heavy atom. The molecule has 1 rings (SSSR count). The molecule has 0 aliphatic carbocycles. The van der Waals surface area contributed by atoms with Gasteiger partial charge >= 0.3 is 0 Å². The molecule has 0 saturated heterocycles. The number of halogens is 1. The van der Waals surface area contributed by atoms with E-state index in [2.05, 4.69) is 26.3 Å². The summed E-state index contributed by atoms with van der Waals surface area (Å²) in [7, 11) is -1.12. The van der Waals surface area contributed by atoms with Crippen molar-refractivity contribution in [2.75, 3.05) is 18.6 Å². The van der Waals surface area contributed by atoms with Crippen LogP contribution in [-0.2, 0) is 23.3 Å². The Kier molecular flexibility index (Phi) is 5.36. The molecule has 0 aliphatic rings. The molecule has 1 aromatic heterocycles. The van der Waals surface area contributed by atoms with Crippen LogP contribution in [0.15, 0.2) is 4.47 Å². The standard InChI is InChI=1S/C11H20BrN3O2S/c1-5-13-9(7-18(4,16)17)6-10-11(12)8(2)14-15(10)3/h9,13H,5-7H2,1-4H3.